The summed E-state index contributed by atoms with van der Waals surface area (Å²) in [6, 6.07) is 20.5. The molecule has 92 valence electrons. The zero-order chi connectivity index (χ0) is 13.4. The fourth-order valence-corrected chi connectivity index (χ4v) is 1.45. The first kappa shape index (κ1) is 13.7. The highest BCUT2D eigenvalue weighted by molar-refractivity contribution is 5.77. The van der Waals surface area contributed by atoms with E-state index in [1.165, 1.54) is 11.1 Å². The van der Waals surface area contributed by atoms with Crippen LogP contribution in [0.25, 0.3) is 5.57 Å². The number of rotatable bonds is 2. The second-order valence-corrected chi connectivity index (χ2v) is 3.73. The van der Waals surface area contributed by atoms with Gasteiger partial charge in [0.25, 0.3) is 5.97 Å². The number of hydrogen-bond acceptors (Lipinski definition) is 1. The first-order chi connectivity index (χ1) is 8.61. The van der Waals surface area contributed by atoms with E-state index in [0.717, 1.165) is 12.5 Å². The van der Waals surface area contributed by atoms with Gasteiger partial charge in [-0.3, -0.25) is 4.79 Å². The highest BCUT2D eigenvalue weighted by Crippen LogP contribution is 2.20. The molecule has 0 aromatic heterocycles. The van der Waals surface area contributed by atoms with E-state index < -0.39 is 5.97 Å². The maximum Gasteiger partial charge on any atom is 0.300 e. The predicted molar refractivity (Wildman–Crippen MR) is 74.3 cm³/mol. The molecule has 0 amide bonds. The van der Waals surface area contributed by atoms with Gasteiger partial charge < -0.3 is 5.11 Å². The normalized spacial score (nSPS) is 8.94. The number of carbonyl (C=O) groups is 1. The van der Waals surface area contributed by atoms with Gasteiger partial charge in [-0.1, -0.05) is 67.2 Å². The molecule has 2 nitrogen and oxygen atoms in total. The Morgan fingerprint density at radius 1 is 0.889 bits per heavy atom. The maximum atomic E-state index is 9.00. The van der Waals surface area contributed by atoms with Crippen LogP contribution in [-0.2, 0) is 4.79 Å². The minimum atomic E-state index is -0.833. The molecule has 0 aliphatic carbocycles. The molecule has 0 unspecified atom stereocenters. The van der Waals surface area contributed by atoms with E-state index >= 15 is 0 Å². The molecule has 0 atom stereocenters. The highest BCUT2D eigenvalue weighted by Gasteiger charge is 1.99. The molecular formula is C16H16O2. The van der Waals surface area contributed by atoms with Crippen molar-refractivity contribution in [3.8, 4) is 0 Å². The minimum absolute atomic E-state index is 0.833. The Kier molecular flexibility index (Phi) is 5.39. The zero-order valence-electron chi connectivity index (χ0n) is 10.3. The van der Waals surface area contributed by atoms with E-state index in [4.69, 9.17) is 9.90 Å². The first-order valence-corrected chi connectivity index (χ1v) is 5.60. The van der Waals surface area contributed by atoms with Crippen LogP contribution < -0.4 is 0 Å². The standard InChI is InChI=1S/C14H12.C2H4O2/c1-12(13-8-4-2-5-9-13)14-10-6-3-7-11-14;1-2(3)4/h2-11H,1H2;1H3,(H,3,4). The molecule has 2 rings (SSSR count). The van der Waals surface area contributed by atoms with E-state index in [9.17, 15) is 0 Å². The number of carboxylic acid groups (broad SMARTS) is 1. The van der Waals surface area contributed by atoms with Crippen molar-refractivity contribution < 1.29 is 9.90 Å². The molecule has 0 heterocycles. The number of hydrogen-bond donors (Lipinski definition) is 1. The molecule has 2 aromatic carbocycles. The van der Waals surface area contributed by atoms with Crippen molar-refractivity contribution in [3.63, 3.8) is 0 Å². The van der Waals surface area contributed by atoms with E-state index in [-0.39, 0.29) is 0 Å². The lowest BCUT2D eigenvalue weighted by molar-refractivity contribution is -0.134. The molecule has 0 fully saturated rings. The Hall–Kier alpha value is -2.35. The summed E-state index contributed by atoms with van der Waals surface area (Å²) in [5.41, 5.74) is 3.43. The minimum Gasteiger partial charge on any atom is -0.481 e. The SMILES string of the molecule is C=C(c1ccccc1)c1ccccc1.CC(=O)O. The second-order valence-electron chi connectivity index (χ2n) is 3.73. The van der Waals surface area contributed by atoms with Crippen LogP contribution in [-0.4, -0.2) is 11.1 Å². The summed E-state index contributed by atoms with van der Waals surface area (Å²) in [4.78, 5) is 9.00. The highest BCUT2D eigenvalue weighted by atomic mass is 16.4. The van der Waals surface area contributed by atoms with Crippen molar-refractivity contribution in [2.75, 3.05) is 0 Å². The van der Waals surface area contributed by atoms with Gasteiger partial charge in [0, 0.05) is 6.92 Å². The monoisotopic (exact) mass is 240 g/mol. The van der Waals surface area contributed by atoms with Crippen LogP contribution in [0.1, 0.15) is 18.1 Å². The predicted octanol–water partition coefficient (Wildman–Crippen LogP) is 3.84. The van der Waals surface area contributed by atoms with Gasteiger partial charge >= 0.3 is 0 Å². The molecule has 2 aromatic rings. The third-order valence-electron chi connectivity index (χ3n) is 2.24. The first-order valence-electron chi connectivity index (χ1n) is 5.60. The van der Waals surface area contributed by atoms with Crippen LogP contribution in [0.4, 0.5) is 0 Å². The number of aliphatic carboxylic acids is 1. The molecule has 0 aliphatic heterocycles. The molecule has 0 saturated carbocycles. The van der Waals surface area contributed by atoms with Gasteiger partial charge in [0.1, 0.15) is 0 Å². The molecule has 0 spiro atoms. The Morgan fingerprint density at radius 3 is 1.44 bits per heavy atom. The molecule has 0 saturated heterocycles. The Labute approximate surface area is 107 Å². The van der Waals surface area contributed by atoms with Gasteiger partial charge in [0.15, 0.2) is 0 Å². The Bertz CT molecular complexity index is 456. The van der Waals surface area contributed by atoms with E-state index in [1.54, 1.807) is 0 Å². The summed E-state index contributed by atoms with van der Waals surface area (Å²) in [5, 5.41) is 7.42. The van der Waals surface area contributed by atoms with Gasteiger partial charge in [-0.15, -0.1) is 0 Å². The van der Waals surface area contributed by atoms with E-state index in [1.807, 2.05) is 36.4 Å². The molecule has 0 radical (unpaired) electrons. The van der Waals surface area contributed by atoms with Gasteiger partial charge in [-0.2, -0.15) is 0 Å². The summed E-state index contributed by atoms with van der Waals surface area (Å²) in [7, 11) is 0. The summed E-state index contributed by atoms with van der Waals surface area (Å²) in [6.45, 7) is 5.18. The average molecular weight is 240 g/mol. The van der Waals surface area contributed by atoms with Crippen molar-refractivity contribution >= 4 is 11.5 Å². The lowest BCUT2D eigenvalue weighted by Gasteiger charge is -2.04. The van der Waals surface area contributed by atoms with Crippen molar-refractivity contribution in [3.05, 3.63) is 78.4 Å². The summed E-state index contributed by atoms with van der Waals surface area (Å²) in [5.74, 6) is -0.833. The number of benzene rings is 2. The van der Waals surface area contributed by atoms with Crippen LogP contribution >= 0.6 is 0 Å². The van der Waals surface area contributed by atoms with Crippen LogP contribution in [0.5, 0.6) is 0 Å². The van der Waals surface area contributed by atoms with Crippen molar-refractivity contribution in [2.45, 2.75) is 6.92 Å². The lowest BCUT2D eigenvalue weighted by Crippen LogP contribution is -1.84. The van der Waals surface area contributed by atoms with Gasteiger partial charge in [0.2, 0.25) is 0 Å². The van der Waals surface area contributed by atoms with Crippen molar-refractivity contribution in [1.29, 1.82) is 0 Å². The second kappa shape index (κ2) is 7.07. The van der Waals surface area contributed by atoms with Crippen LogP contribution in [0, 0.1) is 0 Å². The maximum absolute atomic E-state index is 9.00. The molecule has 2 heteroatoms. The van der Waals surface area contributed by atoms with Gasteiger partial charge in [-0.25, -0.2) is 0 Å². The third kappa shape index (κ3) is 4.66. The molecular weight excluding hydrogens is 224 g/mol. The largest absolute Gasteiger partial charge is 0.481 e. The van der Waals surface area contributed by atoms with Crippen LogP contribution in [0.3, 0.4) is 0 Å². The molecule has 0 aliphatic rings. The Morgan fingerprint density at radius 2 is 1.17 bits per heavy atom. The summed E-state index contributed by atoms with van der Waals surface area (Å²) < 4.78 is 0. The van der Waals surface area contributed by atoms with E-state index in [0.29, 0.717) is 0 Å². The quantitative estimate of drug-likeness (QED) is 0.866. The van der Waals surface area contributed by atoms with Gasteiger partial charge in [-0.05, 0) is 16.7 Å². The zero-order valence-corrected chi connectivity index (χ0v) is 10.3. The Balaban J connectivity index is 0.000000357. The topological polar surface area (TPSA) is 37.3 Å². The smallest absolute Gasteiger partial charge is 0.300 e. The summed E-state index contributed by atoms with van der Waals surface area (Å²) >= 11 is 0. The van der Waals surface area contributed by atoms with Crippen molar-refractivity contribution in [2.24, 2.45) is 0 Å². The van der Waals surface area contributed by atoms with Gasteiger partial charge in [0.05, 0.1) is 0 Å². The average Bonchev–Trinajstić information content (AvgIpc) is 2.39. The van der Waals surface area contributed by atoms with Crippen LogP contribution in [0.15, 0.2) is 67.2 Å². The third-order valence-corrected chi connectivity index (χ3v) is 2.24. The molecule has 18 heavy (non-hydrogen) atoms. The fraction of sp³-hybridized carbons (Fsp3) is 0.0625. The molecule has 0 bridgehead atoms. The summed E-state index contributed by atoms with van der Waals surface area (Å²) in [6.07, 6.45) is 0. The lowest BCUT2D eigenvalue weighted by atomic mass is 10.0. The fourth-order valence-electron chi connectivity index (χ4n) is 1.45. The van der Waals surface area contributed by atoms with Crippen molar-refractivity contribution in [1.82, 2.24) is 0 Å². The van der Waals surface area contributed by atoms with E-state index in [2.05, 4.69) is 30.8 Å². The molecule has 1 N–H and O–H groups in total. The number of carboxylic acids is 1. The van der Waals surface area contributed by atoms with Crippen LogP contribution in [0.2, 0.25) is 0 Å².